The Morgan fingerprint density at radius 2 is 1.73 bits per heavy atom. The monoisotopic (exact) mass is 376 g/mol. The third-order valence-corrected chi connectivity index (χ3v) is 5.94. The molecule has 0 N–H and O–H groups in total. The molecule has 3 rings (SSSR count). The first kappa shape index (κ1) is 18.0. The van der Waals surface area contributed by atoms with Gasteiger partial charge in [-0.25, -0.2) is 13.2 Å². The Morgan fingerprint density at radius 1 is 1.08 bits per heavy atom. The highest BCUT2D eigenvalue weighted by atomic mass is 32.2. The summed E-state index contributed by atoms with van der Waals surface area (Å²) < 4.78 is 31.4. The van der Waals surface area contributed by atoms with E-state index in [1.807, 2.05) is 0 Å². The van der Waals surface area contributed by atoms with E-state index < -0.39 is 20.9 Å². The van der Waals surface area contributed by atoms with E-state index in [1.54, 1.807) is 0 Å². The van der Waals surface area contributed by atoms with E-state index in [0.29, 0.717) is 13.1 Å². The van der Waals surface area contributed by atoms with E-state index in [1.165, 1.54) is 46.8 Å². The molecule has 0 aromatic heterocycles. The van der Waals surface area contributed by atoms with E-state index in [4.69, 9.17) is 4.74 Å². The second kappa shape index (κ2) is 7.22. The summed E-state index contributed by atoms with van der Waals surface area (Å²) in [7, 11) is -3.55. The lowest BCUT2D eigenvalue weighted by molar-refractivity contribution is -0.384. The van der Waals surface area contributed by atoms with Gasteiger partial charge in [0.1, 0.15) is 5.75 Å². The molecule has 1 aliphatic heterocycles. The smallest absolute Gasteiger partial charge is 0.343 e. The fourth-order valence-electron chi connectivity index (χ4n) is 2.67. The number of hydrogen-bond donors (Lipinski definition) is 0. The summed E-state index contributed by atoms with van der Waals surface area (Å²) in [5.74, 6) is -0.686. The second-order valence-corrected chi connectivity index (χ2v) is 7.72. The molecule has 0 bridgehead atoms. The molecule has 1 saturated heterocycles. The lowest BCUT2D eigenvalue weighted by Gasteiger charge is -2.15. The van der Waals surface area contributed by atoms with Crippen molar-refractivity contribution in [1.29, 1.82) is 0 Å². The molecular formula is C17H16N2O6S. The number of sulfonamides is 1. The molecule has 0 atom stereocenters. The average Bonchev–Trinajstić information content (AvgIpc) is 3.17. The van der Waals surface area contributed by atoms with Crippen molar-refractivity contribution >= 4 is 21.7 Å². The molecule has 0 unspecified atom stereocenters. The van der Waals surface area contributed by atoms with Gasteiger partial charge in [-0.05, 0) is 43.2 Å². The van der Waals surface area contributed by atoms with Gasteiger partial charge in [-0.2, -0.15) is 4.31 Å². The lowest BCUT2D eigenvalue weighted by Crippen LogP contribution is -2.27. The summed E-state index contributed by atoms with van der Waals surface area (Å²) >= 11 is 0. The van der Waals surface area contributed by atoms with E-state index in [-0.39, 0.29) is 21.9 Å². The van der Waals surface area contributed by atoms with E-state index in [0.717, 1.165) is 18.9 Å². The highest BCUT2D eigenvalue weighted by Crippen LogP contribution is 2.23. The molecule has 0 aliphatic carbocycles. The number of benzene rings is 2. The molecule has 2 aromatic rings. The summed E-state index contributed by atoms with van der Waals surface area (Å²) in [5, 5.41) is 10.8. The van der Waals surface area contributed by atoms with Gasteiger partial charge in [-0.15, -0.1) is 0 Å². The maximum Gasteiger partial charge on any atom is 0.343 e. The van der Waals surface area contributed by atoms with Crippen molar-refractivity contribution in [3.63, 3.8) is 0 Å². The topological polar surface area (TPSA) is 107 Å². The first-order chi connectivity index (χ1) is 12.4. The van der Waals surface area contributed by atoms with Gasteiger partial charge in [-0.1, -0.05) is 6.07 Å². The zero-order valence-electron chi connectivity index (χ0n) is 13.7. The molecule has 26 heavy (non-hydrogen) atoms. The third-order valence-electron chi connectivity index (χ3n) is 4.03. The molecule has 136 valence electrons. The SMILES string of the molecule is O=C(Oc1cccc([N+](=O)[O-])c1)c1ccc(S(=O)(=O)N2CCCC2)cc1. The molecule has 9 heteroatoms. The minimum Gasteiger partial charge on any atom is -0.423 e. The minimum absolute atomic E-state index is 0.0398. The first-order valence-corrected chi connectivity index (χ1v) is 9.39. The number of esters is 1. The van der Waals surface area contributed by atoms with Crippen molar-refractivity contribution in [2.75, 3.05) is 13.1 Å². The van der Waals surface area contributed by atoms with Crippen molar-refractivity contribution in [3.05, 3.63) is 64.2 Å². The lowest BCUT2D eigenvalue weighted by atomic mass is 10.2. The number of ether oxygens (including phenoxy) is 1. The average molecular weight is 376 g/mol. The summed E-state index contributed by atoms with van der Waals surface area (Å²) in [4.78, 5) is 22.4. The van der Waals surface area contributed by atoms with Gasteiger partial charge in [0, 0.05) is 19.2 Å². The molecule has 0 radical (unpaired) electrons. The van der Waals surface area contributed by atoms with Gasteiger partial charge < -0.3 is 4.74 Å². The third kappa shape index (κ3) is 3.73. The zero-order chi connectivity index (χ0) is 18.7. The number of nitro benzene ring substituents is 1. The van der Waals surface area contributed by atoms with E-state index in [9.17, 15) is 23.3 Å². The van der Waals surface area contributed by atoms with Gasteiger partial charge in [-0.3, -0.25) is 10.1 Å². The Labute approximate surface area is 150 Å². The summed E-state index contributed by atoms with van der Waals surface area (Å²) in [5.41, 5.74) is -0.0424. The van der Waals surface area contributed by atoms with Crippen LogP contribution in [0.1, 0.15) is 23.2 Å². The van der Waals surface area contributed by atoms with Gasteiger partial charge in [0.2, 0.25) is 10.0 Å². The number of nitrogens with zero attached hydrogens (tertiary/aromatic N) is 2. The molecule has 1 aliphatic rings. The van der Waals surface area contributed by atoms with Crippen LogP contribution in [0, 0.1) is 10.1 Å². The van der Waals surface area contributed by atoms with Crippen LogP contribution in [-0.4, -0.2) is 36.7 Å². The number of carbonyl (C=O) groups excluding carboxylic acids is 1. The predicted molar refractivity (Wildman–Crippen MR) is 92.5 cm³/mol. The van der Waals surface area contributed by atoms with Crippen LogP contribution in [0.25, 0.3) is 0 Å². The summed E-state index contributed by atoms with van der Waals surface area (Å²) in [6, 6.07) is 10.7. The summed E-state index contributed by atoms with van der Waals surface area (Å²) in [6.45, 7) is 0.998. The van der Waals surface area contributed by atoms with Crippen LogP contribution in [0.15, 0.2) is 53.4 Å². The summed E-state index contributed by atoms with van der Waals surface area (Å²) in [6.07, 6.45) is 1.68. The fraction of sp³-hybridized carbons (Fsp3) is 0.235. The molecule has 1 heterocycles. The minimum atomic E-state index is -3.55. The van der Waals surface area contributed by atoms with Crippen LogP contribution in [-0.2, 0) is 10.0 Å². The van der Waals surface area contributed by atoms with Crippen LogP contribution >= 0.6 is 0 Å². The molecule has 0 saturated carbocycles. The Kier molecular flexibility index (Phi) is 5.01. The van der Waals surface area contributed by atoms with Gasteiger partial charge >= 0.3 is 5.97 Å². The number of carbonyl (C=O) groups is 1. The Morgan fingerprint density at radius 3 is 2.35 bits per heavy atom. The normalized spacial score (nSPS) is 14.9. The Bertz CT molecular complexity index is 934. The van der Waals surface area contributed by atoms with Gasteiger partial charge in [0.15, 0.2) is 0 Å². The van der Waals surface area contributed by atoms with Crippen LogP contribution in [0.3, 0.4) is 0 Å². The van der Waals surface area contributed by atoms with Crippen LogP contribution in [0.4, 0.5) is 5.69 Å². The maximum atomic E-state index is 12.5. The van der Waals surface area contributed by atoms with Crippen molar-refractivity contribution in [3.8, 4) is 5.75 Å². The number of rotatable bonds is 5. The molecule has 8 nitrogen and oxygen atoms in total. The Hall–Kier alpha value is -2.78. The standard InChI is InChI=1S/C17H16N2O6S/c20-17(25-15-5-3-4-14(12-15)19(21)22)13-6-8-16(9-7-13)26(23,24)18-10-1-2-11-18/h3-9,12H,1-2,10-11H2. The molecule has 0 amide bonds. The van der Waals surface area contributed by atoms with Crippen molar-refractivity contribution < 1.29 is 22.9 Å². The number of non-ortho nitro benzene ring substituents is 1. The predicted octanol–water partition coefficient (Wildman–Crippen LogP) is 2.60. The molecular weight excluding hydrogens is 360 g/mol. The van der Waals surface area contributed by atoms with Gasteiger partial charge in [0.25, 0.3) is 5.69 Å². The van der Waals surface area contributed by atoms with Crippen LogP contribution in [0.2, 0.25) is 0 Å². The van der Waals surface area contributed by atoms with E-state index in [2.05, 4.69) is 0 Å². The first-order valence-electron chi connectivity index (χ1n) is 7.95. The molecule has 2 aromatic carbocycles. The molecule has 0 spiro atoms. The van der Waals surface area contributed by atoms with E-state index >= 15 is 0 Å². The second-order valence-electron chi connectivity index (χ2n) is 5.78. The Balaban J connectivity index is 1.75. The van der Waals surface area contributed by atoms with Crippen molar-refractivity contribution in [2.24, 2.45) is 0 Å². The highest BCUT2D eigenvalue weighted by molar-refractivity contribution is 7.89. The van der Waals surface area contributed by atoms with Gasteiger partial charge in [0.05, 0.1) is 21.4 Å². The molecule has 1 fully saturated rings. The van der Waals surface area contributed by atoms with Crippen molar-refractivity contribution in [2.45, 2.75) is 17.7 Å². The largest absolute Gasteiger partial charge is 0.423 e. The number of hydrogen-bond acceptors (Lipinski definition) is 6. The van der Waals surface area contributed by atoms with Crippen LogP contribution < -0.4 is 4.74 Å². The highest BCUT2D eigenvalue weighted by Gasteiger charge is 2.27. The van der Waals surface area contributed by atoms with Crippen LogP contribution in [0.5, 0.6) is 5.75 Å². The quantitative estimate of drug-likeness (QED) is 0.344. The fourth-order valence-corrected chi connectivity index (χ4v) is 4.18. The number of nitro groups is 1. The van der Waals surface area contributed by atoms with Crippen molar-refractivity contribution in [1.82, 2.24) is 4.31 Å². The zero-order valence-corrected chi connectivity index (χ0v) is 14.5. The maximum absolute atomic E-state index is 12.5.